The summed E-state index contributed by atoms with van der Waals surface area (Å²) in [4.78, 5) is 10.6. The molecule has 0 aliphatic carbocycles. The van der Waals surface area contributed by atoms with Gasteiger partial charge in [0.2, 0.25) is 0 Å². The zero-order chi connectivity index (χ0) is 10.3. The molecular formula is C9H17NO2S. The molecule has 1 heterocycles. The van der Waals surface area contributed by atoms with E-state index in [-0.39, 0.29) is 10.3 Å². The van der Waals surface area contributed by atoms with Gasteiger partial charge in [-0.1, -0.05) is 20.8 Å². The lowest BCUT2D eigenvalue weighted by Crippen LogP contribution is -2.50. The first-order valence-corrected chi connectivity index (χ1v) is 5.39. The SMILES string of the molecule is CC(C)(C)[C@@]1(C)NC(C(=O)O)CS1. The van der Waals surface area contributed by atoms with Gasteiger partial charge in [-0.15, -0.1) is 11.8 Å². The van der Waals surface area contributed by atoms with Gasteiger partial charge in [0.05, 0.1) is 4.87 Å². The van der Waals surface area contributed by atoms with E-state index in [1.807, 2.05) is 0 Å². The van der Waals surface area contributed by atoms with E-state index in [0.717, 1.165) is 0 Å². The fourth-order valence-corrected chi connectivity index (χ4v) is 2.62. The molecule has 2 atom stereocenters. The highest BCUT2D eigenvalue weighted by Crippen LogP contribution is 2.43. The van der Waals surface area contributed by atoms with Crippen LogP contribution in [0, 0.1) is 5.41 Å². The Morgan fingerprint density at radius 3 is 2.38 bits per heavy atom. The maximum absolute atomic E-state index is 10.7. The summed E-state index contributed by atoms with van der Waals surface area (Å²) < 4.78 is 0. The van der Waals surface area contributed by atoms with Crippen molar-refractivity contribution in [3.63, 3.8) is 0 Å². The molecule has 0 amide bonds. The third-order valence-electron chi connectivity index (χ3n) is 2.72. The van der Waals surface area contributed by atoms with Gasteiger partial charge in [0.15, 0.2) is 0 Å². The molecule has 2 N–H and O–H groups in total. The number of rotatable bonds is 1. The lowest BCUT2D eigenvalue weighted by atomic mass is 9.87. The zero-order valence-electron chi connectivity index (χ0n) is 8.55. The highest BCUT2D eigenvalue weighted by molar-refractivity contribution is 8.01. The minimum absolute atomic E-state index is 0.0713. The first-order valence-electron chi connectivity index (χ1n) is 4.41. The number of hydrogen-bond donors (Lipinski definition) is 2. The molecule has 13 heavy (non-hydrogen) atoms. The van der Waals surface area contributed by atoms with Gasteiger partial charge in [0.25, 0.3) is 0 Å². The van der Waals surface area contributed by atoms with Crippen LogP contribution in [0.25, 0.3) is 0 Å². The summed E-state index contributed by atoms with van der Waals surface area (Å²) >= 11 is 1.70. The molecule has 0 aromatic heterocycles. The van der Waals surface area contributed by atoms with Crippen LogP contribution in [0.4, 0.5) is 0 Å². The molecule has 1 unspecified atom stereocenters. The minimum Gasteiger partial charge on any atom is -0.480 e. The van der Waals surface area contributed by atoms with E-state index >= 15 is 0 Å². The van der Waals surface area contributed by atoms with Gasteiger partial charge >= 0.3 is 5.97 Å². The molecule has 1 fully saturated rings. The van der Waals surface area contributed by atoms with Crippen LogP contribution >= 0.6 is 11.8 Å². The van der Waals surface area contributed by atoms with Crippen LogP contribution in [0.5, 0.6) is 0 Å². The van der Waals surface area contributed by atoms with Crippen molar-refractivity contribution in [3.05, 3.63) is 0 Å². The molecule has 4 heteroatoms. The average Bonchev–Trinajstić information content (AvgIpc) is 2.31. The molecule has 3 nitrogen and oxygen atoms in total. The van der Waals surface area contributed by atoms with Crippen molar-refractivity contribution in [2.75, 3.05) is 5.75 Å². The van der Waals surface area contributed by atoms with Crippen molar-refractivity contribution in [3.8, 4) is 0 Å². The third kappa shape index (κ3) is 1.99. The minimum atomic E-state index is -0.750. The molecule has 0 saturated carbocycles. The number of nitrogens with one attached hydrogen (secondary N) is 1. The summed E-state index contributed by atoms with van der Waals surface area (Å²) in [7, 11) is 0. The Bertz CT molecular complexity index is 224. The van der Waals surface area contributed by atoms with E-state index in [1.54, 1.807) is 11.8 Å². The number of carbonyl (C=O) groups is 1. The lowest BCUT2D eigenvalue weighted by Gasteiger charge is -2.38. The normalized spacial score (nSPS) is 34.9. The smallest absolute Gasteiger partial charge is 0.321 e. The van der Waals surface area contributed by atoms with Crippen molar-refractivity contribution < 1.29 is 9.90 Å². The van der Waals surface area contributed by atoms with Crippen LogP contribution in [0.15, 0.2) is 0 Å². The highest BCUT2D eigenvalue weighted by Gasteiger charge is 2.46. The Hall–Kier alpha value is -0.220. The molecular weight excluding hydrogens is 186 g/mol. The molecule has 76 valence electrons. The number of aliphatic carboxylic acids is 1. The standard InChI is InChI=1S/C9H17NO2S/c1-8(2,3)9(4)10-6(5-13-9)7(11)12/h6,10H,5H2,1-4H3,(H,11,12)/t6?,9-/m0/s1. The molecule has 1 saturated heterocycles. The van der Waals surface area contributed by atoms with Crippen LogP contribution in [-0.4, -0.2) is 27.7 Å². The number of carboxylic acid groups (broad SMARTS) is 1. The Morgan fingerprint density at radius 2 is 2.15 bits per heavy atom. The van der Waals surface area contributed by atoms with Gasteiger partial charge in [-0.25, -0.2) is 0 Å². The largest absolute Gasteiger partial charge is 0.480 e. The Labute approximate surface area is 83.3 Å². The van der Waals surface area contributed by atoms with E-state index in [1.165, 1.54) is 0 Å². The second-order valence-electron chi connectivity index (χ2n) is 4.63. The fourth-order valence-electron chi connectivity index (χ4n) is 1.23. The Balaban J connectivity index is 2.72. The molecule has 1 aliphatic rings. The van der Waals surface area contributed by atoms with Crippen molar-refractivity contribution in [2.45, 2.75) is 38.6 Å². The topological polar surface area (TPSA) is 49.3 Å². The van der Waals surface area contributed by atoms with Crippen LogP contribution in [0.2, 0.25) is 0 Å². The monoisotopic (exact) mass is 203 g/mol. The van der Waals surface area contributed by atoms with Crippen molar-refractivity contribution in [1.82, 2.24) is 5.32 Å². The van der Waals surface area contributed by atoms with Crippen LogP contribution in [0.1, 0.15) is 27.7 Å². The van der Waals surface area contributed by atoms with Gasteiger partial charge in [-0.2, -0.15) is 0 Å². The molecule has 0 aromatic carbocycles. The van der Waals surface area contributed by atoms with Crippen LogP contribution in [-0.2, 0) is 4.79 Å². The van der Waals surface area contributed by atoms with E-state index in [0.29, 0.717) is 5.75 Å². The van der Waals surface area contributed by atoms with Gasteiger partial charge in [-0.05, 0) is 12.3 Å². The predicted molar refractivity (Wildman–Crippen MR) is 54.9 cm³/mol. The van der Waals surface area contributed by atoms with Crippen LogP contribution in [0.3, 0.4) is 0 Å². The lowest BCUT2D eigenvalue weighted by molar-refractivity contribution is -0.139. The summed E-state index contributed by atoms with van der Waals surface area (Å²) in [6.07, 6.45) is 0. The quantitative estimate of drug-likeness (QED) is 0.678. The third-order valence-corrected chi connectivity index (χ3v) is 4.53. The second kappa shape index (κ2) is 3.17. The van der Waals surface area contributed by atoms with Crippen molar-refractivity contribution in [1.29, 1.82) is 0 Å². The van der Waals surface area contributed by atoms with E-state index in [4.69, 9.17) is 5.11 Å². The molecule has 0 bridgehead atoms. The van der Waals surface area contributed by atoms with Gasteiger partial charge in [0, 0.05) is 5.75 Å². The summed E-state index contributed by atoms with van der Waals surface area (Å²) in [6, 6.07) is -0.394. The molecule has 1 aliphatic heterocycles. The fraction of sp³-hybridized carbons (Fsp3) is 0.889. The second-order valence-corrected chi connectivity index (χ2v) is 6.07. The van der Waals surface area contributed by atoms with Crippen LogP contribution < -0.4 is 5.32 Å². The number of hydrogen-bond acceptors (Lipinski definition) is 3. The van der Waals surface area contributed by atoms with E-state index in [2.05, 4.69) is 33.0 Å². The maximum Gasteiger partial charge on any atom is 0.321 e. The van der Waals surface area contributed by atoms with Crippen molar-refractivity contribution >= 4 is 17.7 Å². The molecule has 0 aromatic rings. The van der Waals surface area contributed by atoms with E-state index in [9.17, 15) is 4.79 Å². The van der Waals surface area contributed by atoms with Crippen molar-refractivity contribution in [2.24, 2.45) is 5.41 Å². The molecule has 0 spiro atoms. The van der Waals surface area contributed by atoms with Gasteiger partial charge in [0.1, 0.15) is 6.04 Å². The summed E-state index contributed by atoms with van der Waals surface area (Å²) in [6.45, 7) is 8.44. The number of thioether (sulfide) groups is 1. The maximum atomic E-state index is 10.7. The van der Waals surface area contributed by atoms with E-state index < -0.39 is 12.0 Å². The summed E-state index contributed by atoms with van der Waals surface area (Å²) in [5.41, 5.74) is 0.0713. The Kier molecular flexibility index (Phi) is 2.65. The Morgan fingerprint density at radius 1 is 1.62 bits per heavy atom. The zero-order valence-corrected chi connectivity index (χ0v) is 9.36. The first kappa shape index (κ1) is 10.9. The average molecular weight is 203 g/mol. The highest BCUT2D eigenvalue weighted by atomic mass is 32.2. The van der Waals surface area contributed by atoms with Gasteiger partial charge in [-0.3, -0.25) is 10.1 Å². The first-order chi connectivity index (χ1) is 5.76. The molecule has 0 radical (unpaired) electrons. The summed E-state index contributed by atoms with van der Waals surface area (Å²) in [5.74, 6) is -0.0937. The summed E-state index contributed by atoms with van der Waals surface area (Å²) in [5, 5.41) is 12.0. The van der Waals surface area contributed by atoms with Gasteiger partial charge < -0.3 is 5.11 Å². The number of carboxylic acids is 1. The molecule has 1 rings (SSSR count). The predicted octanol–water partition coefficient (Wildman–Crippen LogP) is 1.54.